The van der Waals surface area contributed by atoms with Gasteiger partial charge in [0.15, 0.2) is 0 Å². The number of carbonyl (C=O) groups is 1. The molecule has 4 rings (SSSR count). The molecule has 142 valence electrons. The largest absolute Gasteiger partial charge is 0.493 e. The lowest BCUT2D eigenvalue weighted by Crippen LogP contribution is -2.42. The van der Waals surface area contributed by atoms with Crippen molar-refractivity contribution in [2.75, 3.05) is 24.6 Å². The number of aryl methyl sites for hydroxylation is 1. The third-order valence-electron chi connectivity index (χ3n) is 5.80. The molecule has 0 radical (unpaired) electrons. The Balaban J connectivity index is 1.71. The Kier molecular flexibility index (Phi) is 4.29. The maximum atomic E-state index is 12.4. The second-order valence-corrected chi connectivity index (χ2v) is 7.99. The van der Waals surface area contributed by atoms with Gasteiger partial charge in [-0.1, -0.05) is 32.0 Å². The third kappa shape index (κ3) is 3.03. The lowest BCUT2D eigenvalue weighted by atomic mass is 9.74. The van der Waals surface area contributed by atoms with Crippen LogP contribution in [0.25, 0.3) is 0 Å². The molecular weight excluding hydrogens is 342 g/mol. The molecule has 1 aromatic carbocycles. The zero-order valence-electron chi connectivity index (χ0n) is 16.0. The van der Waals surface area contributed by atoms with Gasteiger partial charge < -0.3 is 14.7 Å². The molecule has 0 bridgehead atoms. The first-order valence-corrected chi connectivity index (χ1v) is 9.43. The van der Waals surface area contributed by atoms with Crippen LogP contribution in [0.15, 0.2) is 30.3 Å². The van der Waals surface area contributed by atoms with Gasteiger partial charge in [-0.15, -0.1) is 0 Å². The molecular formula is C21H25N3O3. The fourth-order valence-corrected chi connectivity index (χ4v) is 4.23. The number of nitrogens with zero attached hydrogens (tertiary/aromatic N) is 3. The summed E-state index contributed by atoms with van der Waals surface area (Å²) >= 11 is 0. The highest BCUT2D eigenvalue weighted by atomic mass is 16.5. The Labute approximate surface area is 159 Å². The van der Waals surface area contributed by atoms with E-state index in [1.54, 1.807) is 0 Å². The molecule has 0 aliphatic carbocycles. The first-order chi connectivity index (χ1) is 12.9. The minimum Gasteiger partial charge on any atom is -0.493 e. The molecule has 1 fully saturated rings. The van der Waals surface area contributed by atoms with Crippen molar-refractivity contribution in [3.05, 3.63) is 47.4 Å². The zero-order chi connectivity index (χ0) is 19.2. The topological polar surface area (TPSA) is 75.6 Å². The van der Waals surface area contributed by atoms with Gasteiger partial charge in [0.1, 0.15) is 17.4 Å². The van der Waals surface area contributed by atoms with Gasteiger partial charge in [-0.25, -0.2) is 9.97 Å². The summed E-state index contributed by atoms with van der Waals surface area (Å²) in [6, 6.07) is 9.75. The Hall–Kier alpha value is -2.63. The SMILES string of the molecule is Cc1nc(C(C)C)cc(N2C[C@H]3COc4ccccc4C[C@@]3(C(=O)O)C2)n1. The van der Waals surface area contributed by atoms with E-state index in [9.17, 15) is 9.90 Å². The summed E-state index contributed by atoms with van der Waals surface area (Å²) < 4.78 is 5.98. The zero-order valence-corrected chi connectivity index (χ0v) is 16.0. The maximum absolute atomic E-state index is 12.4. The average molecular weight is 367 g/mol. The number of fused-ring (bicyclic) bond motifs is 2. The van der Waals surface area contributed by atoms with Crippen molar-refractivity contribution in [2.45, 2.75) is 33.1 Å². The molecule has 2 aromatic rings. The molecule has 6 nitrogen and oxygen atoms in total. The fourth-order valence-electron chi connectivity index (χ4n) is 4.23. The first kappa shape index (κ1) is 17.8. The number of rotatable bonds is 3. The highest BCUT2D eigenvalue weighted by Crippen LogP contribution is 2.45. The third-order valence-corrected chi connectivity index (χ3v) is 5.80. The Morgan fingerprint density at radius 3 is 2.85 bits per heavy atom. The van der Waals surface area contributed by atoms with E-state index in [4.69, 9.17) is 4.74 Å². The lowest BCUT2D eigenvalue weighted by Gasteiger charge is -2.27. The van der Waals surface area contributed by atoms with Crippen molar-refractivity contribution >= 4 is 11.8 Å². The molecule has 1 aromatic heterocycles. The van der Waals surface area contributed by atoms with Gasteiger partial charge in [-0.3, -0.25) is 4.79 Å². The average Bonchev–Trinajstić information content (AvgIpc) is 2.92. The molecule has 0 saturated carbocycles. The van der Waals surface area contributed by atoms with E-state index in [1.165, 1.54) is 0 Å². The second kappa shape index (κ2) is 6.51. The van der Waals surface area contributed by atoms with Gasteiger partial charge in [0, 0.05) is 30.8 Å². The van der Waals surface area contributed by atoms with Crippen molar-refractivity contribution in [1.29, 1.82) is 0 Å². The van der Waals surface area contributed by atoms with Gasteiger partial charge >= 0.3 is 5.97 Å². The lowest BCUT2D eigenvalue weighted by molar-refractivity contribution is -0.150. The molecule has 2 aliphatic rings. The summed E-state index contributed by atoms with van der Waals surface area (Å²) in [5.74, 6) is 1.77. The second-order valence-electron chi connectivity index (χ2n) is 7.99. The maximum Gasteiger partial charge on any atom is 0.312 e. The number of carboxylic acids is 1. The van der Waals surface area contributed by atoms with Crippen LogP contribution >= 0.6 is 0 Å². The summed E-state index contributed by atoms with van der Waals surface area (Å²) in [6.45, 7) is 7.54. The Morgan fingerprint density at radius 1 is 1.33 bits per heavy atom. The summed E-state index contributed by atoms with van der Waals surface area (Å²) in [6.07, 6.45) is 0.473. The van der Waals surface area contributed by atoms with E-state index in [-0.39, 0.29) is 5.92 Å². The van der Waals surface area contributed by atoms with E-state index in [0.29, 0.717) is 37.9 Å². The number of carboxylic acid groups (broad SMARTS) is 1. The van der Waals surface area contributed by atoms with Crippen LogP contribution in [-0.2, 0) is 11.2 Å². The highest BCUT2D eigenvalue weighted by Gasteiger charge is 2.54. The van der Waals surface area contributed by atoms with Crippen LogP contribution in [0.4, 0.5) is 5.82 Å². The van der Waals surface area contributed by atoms with Crippen LogP contribution in [0.2, 0.25) is 0 Å². The monoisotopic (exact) mass is 367 g/mol. The van der Waals surface area contributed by atoms with Gasteiger partial charge in [0.2, 0.25) is 0 Å². The van der Waals surface area contributed by atoms with Gasteiger partial charge in [0.25, 0.3) is 0 Å². The fraction of sp³-hybridized carbons (Fsp3) is 0.476. The standard InChI is InChI=1S/C21H25N3O3/c1-13(2)17-8-19(23-14(3)22-17)24-10-16-11-27-18-7-5-4-6-15(18)9-21(16,12-24)20(25)26/h4-8,13,16H,9-12H2,1-3H3,(H,25,26)/t16-,21+/m0/s1. The number of anilines is 1. The quantitative estimate of drug-likeness (QED) is 0.899. The summed E-state index contributed by atoms with van der Waals surface area (Å²) in [5.41, 5.74) is 1.07. The predicted octanol–water partition coefficient (Wildman–Crippen LogP) is 3.05. The van der Waals surface area contributed by atoms with Crippen molar-refractivity contribution in [3.63, 3.8) is 0 Å². The molecule has 27 heavy (non-hydrogen) atoms. The van der Waals surface area contributed by atoms with E-state index in [0.717, 1.165) is 22.8 Å². The van der Waals surface area contributed by atoms with E-state index in [2.05, 4.69) is 28.7 Å². The Morgan fingerprint density at radius 2 is 2.11 bits per heavy atom. The number of aliphatic carboxylic acids is 1. The normalized spacial score (nSPS) is 24.1. The minimum atomic E-state index is -0.872. The van der Waals surface area contributed by atoms with Crippen LogP contribution in [-0.4, -0.2) is 40.7 Å². The number of hydrogen-bond acceptors (Lipinski definition) is 5. The van der Waals surface area contributed by atoms with Gasteiger partial charge in [-0.2, -0.15) is 0 Å². The van der Waals surface area contributed by atoms with E-state index >= 15 is 0 Å². The molecule has 3 heterocycles. The summed E-state index contributed by atoms with van der Waals surface area (Å²) in [7, 11) is 0. The first-order valence-electron chi connectivity index (χ1n) is 9.43. The van der Waals surface area contributed by atoms with E-state index < -0.39 is 11.4 Å². The van der Waals surface area contributed by atoms with Crippen LogP contribution in [0, 0.1) is 18.3 Å². The highest BCUT2D eigenvalue weighted by molar-refractivity contribution is 5.78. The smallest absolute Gasteiger partial charge is 0.312 e. The molecule has 2 aliphatic heterocycles. The van der Waals surface area contributed by atoms with E-state index in [1.807, 2.05) is 37.3 Å². The van der Waals surface area contributed by atoms with Crippen molar-refractivity contribution in [1.82, 2.24) is 9.97 Å². The van der Waals surface area contributed by atoms with Crippen LogP contribution < -0.4 is 9.64 Å². The van der Waals surface area contributed by atoms with Crippen molar-refractivity contribution in [2.24, 2.45) is 11.3 Å². The molecule has 1 N–H and O–H groups in total. The summed E-state index contributed by atoms with van der Waals surface area (Å²) in [5, 5.41) is 10.2. The van der Waals surface area contributed by atoms with Crippen molar-refractivity contribution in [3.8, 4) is 5.75 Å². The number of para-hydroxylation sites is 1. The summed E-state index contributed by atoms with van der Waals surface area (Å²) in [4.78, 5) is 23.6. The minimum absolute atomic E-state index is 0.0971. The van der Waals surface area contributed by atoms with Crippen LogP contribution in [0.1, 0.15) is 36.8 Å². The number of benzene rings is 1. The molecule has 0 amide bonds. The van der Waals surface area contributed by atoms with Gasteiger partial charge in [-0.05, 0) is 30.9 Å². The molecule has 1 saturated heterocycles. The molecule has 0 spiro atoms. The van der Waals surface area contributed by atoms with Crippen LogP contribution in [0.5, 0.6) is 5.75 Å². The number of aromatic nitrogens is 2. The molecule has 6 heteroatoms. The van der Waals surface area contributed by atoms with Crippen molar-refractivity contribution < 1.29 is 14.6 Å². The van der Waals surface area contributed by atoms with Gasteiger partial charge in [0.05, 0.1) is 12.0 Å². The Bertz CT molecular complexity index is 883. The molecule has 2 atom stereocenters. The number of ether oxygens (including phenoxy) is 1. The number of hydrogen-bond donors (Lipinski definition) is 1. The predicted molar refractivity (Wildman–Crippen MR) is 102 cm³/mol. The molecule has 0 unspecified atom stereocenters. The van der Waals surface area contributed by atoms with Crippen LogP contribution in [0.3, 0.4) is 0 Å².